The fraction of sp³-hybridized carbons (Fsp3) is 0.292. The molecule has 0 unspecified atom stereocenters. The molecule has 0 aromatic carbocycles. The smallest absolute Gasteiger partial charge is 0.266 e. The Morgan fingerprint density at radius 3 is 2.71 bits per heavy atom. The highest BCUT2D eigenvalue weighted by molar-refractivity contribution is 5.82. The third-order valence-corrected chi connectivity index (χ3v) is 6.02. The van der Waals surface area contributed by atoms with Crippen LogP contribution in [0.5, 0.6) is 0 Å². The lowest BCUT2D eigenvalue weighted by molar-refractivity contribution is 0.145. The van der Waals surface area contributed by atoms with Crippen LogP contribution in [0, 0.1) is 12.7 Å². The molecule has 11 heteroatoms. The monoisotopic (exact) mass is 481 g/mol. The van der Waals surface area contributed by atoms with E-state index in [4.69, 9.17) is 0 Å². The molecule has 35 heavy (non-hydrogen) atoms. The van der Waals surface area contributed by atoms with Gasteiger partial charge in [0.2, 0.25) is 0 Å². The Hall–Kier alpha value is -4.02. The fourth-order valence-electron chi connectivity index (χ4n) is 4.26. The first kappa shape index (κ1) is 22.8. The Labute approximate surface area is 198 Å². The number of halogens is 3. The topological polar surface area (TPSA) is 90.0 Å². The van der Waals surface area contributed by atoms with E-state index in [2.05, 4.69) is 25.3 Å². The summed E-state index contributed by atoms with van der Waals surface area (Å²) in [7, 11) is 1.68. The van der Waals surface area contributed by atoms with Crippen LogP contribution in [0.2, 0.25) is 0 Å². The number of nitrogens with zero attached hydrogens (tertiary/aromatic N) is 6. The first-order valence-electron chi connectivity index (χ1n) is 11.0. The third-order valence-electron chi connectivity index (χ3n) is 6.02. The number of hydrogen-bond acceptors (Lipinski definition) is 6. The number of anilines is 1. The molecular formula is C24H22F3N7O. The fourth-order valence-corrected chi connectivity index (χ4v) is 4.26. The van der Waals surface area contributed by atoms with Crippen molar-refractivity contribution in [2.24, 2.45) is 12.0 Å². The molecule has 3 aliphatic rings. The lowest BCUT2D eigenvalue weighted by Gasteiger charge is -2.18. The van der Waals surface area contributed by atoms with Gasteiger partial charge in [0.1, 0.15) is 23.2 Å². The van der Waals surface area contributed by atoms with Gasteiger partial charge in [0.05, 0.1) is 17.2 Å². The number of fused-ring (bicyclic) bond motifs is 3. The van der Waals surface area contributed by atoms with Gasteiger partial charge in [-0.3, -0.25) is 14.8 Å². The van der Waals surface area contributed by atoms with Gasteiger partial charge >= 0.3 is 0 Å². The zero-order chi connectivity index (χ0) is 24.9. The van der Waals surface area contributed by atoms with Crippen LogP contribution in [0.4, 0.5) is 19.0 Å². The third kappa shape index (κ3) is 3.96. The van der Waals surface area contributed by atoms with Crippen LogP contribution in [-0.4, -0.2) is 30.6 Å². The number of alkyl halides is 2. The van der Waals surface area contributed by atoms with Crippen LogP contribution in [0.25, 0.3) is 22.5 Å². The summed E-state index contributed by atoms with van der Waals surface area (Å²) < 4.78 is 44.6. The van der Waals surface area contributed by atoms with Crippen molar-refractivity contribution in [3.63, 3.8) is 0 Å². The van der Waals surface area contributed by atoms with Crippen molar-refractivity contribution in [1.82, 2.24) is 24.1 Å². The molecule has 5 rings (SSSR count). The number of rotatable bonds is 4. The summed E-state index contributed by atoms with van der Waals surface area (Å²) in [5, 5.41) is 3.36. The predicted octanol–water partition coefficient (Wildman–Crippen LogP) is 3.62. The standard InChI is InChI=1S/C24H22F3N7O/c1-12(20-19(25)15(21(26)27)4-6-28-20)30-22-17-11-16(14-5-8-33(3)18(35)10-14)23-29-7-9-34(23)24(17)32-13(2)31-22/h4-6,8,10-12,21,29H,7,9H2,1-3H3/t12-/m1/s1. The molecule has 180 valence electrons. The summed E-state index contributed by atoms with van der Waals surface area (Å²) in [6.45, 7) is 4.62. The van der Waals surface area contributed by atoms with Crippen LogP contribution in [-0.2, 0) is 13.6 Å². The summed E-state index contributed by atoms with van der Waals surface area (Å²) in [6.07, 6.45) is -0.117. The molecule has 0 radical (unpaired) electrons. The number of pyridine rings is 3. The number of aromatic nitrogens is 5. The van der Waals surface area contributed by atoms with E-state index in [9.17, 15) is 18.0 Å². The molecule has 0 amide bonds. The molecule has 0 aliphatic carbocycles. The lowest BCUT2D eigenvalue weighted by Crippen LogP contribution is -2.21. The van der Waals surface area contributed by atoms with Crippen LogP contribution in [0.15, 0.2) is 46.4 Å². The van der Waals surface area contributed by atoms with E-state index in [1.54, 1.807) is 33.2 Å². The van der Waals surface area contributed by atoms with Crippen molar-refractivity contribution in [1.29, 1.82) is 0 Å². The maximum Gasteiger partial charge on any atom is 0.266 e. The first-order chi connectivity index (χ1) is 16.7. The normalized spacial score (nSPS) is 14.4. The highest BCUT2D eigenvalue weighted by Crippen LogP contribution is 2.35. The Kier molecular flexibility index (Phi) is 5.62. The van der Waals surface area contributed by atoms with E-state index in [1.807, 2.05) is 16.7 Å². The highest BCUT2D eigenvalue weighted by Gasteiger charge is 2.25. The Morgan fingerprint density at radius 2 is 1.97 bits per heavy atom. The molecule has 0 spiro atoms. The molecule has 3 aliphatic heterocycles. The predicted molar refractivity (Wildman–Crippen MR) is 124 cm³/mol. The molecule has 0 saturated carbocycles. The minimum absolute atomic E-state index is 0.154. The minimum atomic E-state index is -2.96. The second kappa shape index (κ2) is 8.64. The van der Waals surface area contributed by atoms with Gasteiger partial charge in [-0.2, -0.15) is 0 Å². The van der Waals surface area contributed by atoms with Gasteiger partial charge in [-0.1, -0.05) is 0 Å². The molecule has 1 N–H and O–H groups in total. The molecule has 0 fully saturated rings. The van der Waals surface area contributed by atoms with Gasteiger partial charge in [-0.05, 0) is 37.6 Å². The molecule has 8 nitrogen and oxygen atoms in total. The Balaban J connectivity index is 1.74. The quantitative estimate of drug-likeness (QED) is 0.481. The van der Waals surface area contributed by atoms with Crippen molar-refractivity contribution in [3.05, 3.63) is 75.4 Å². The zero-order valence-corrected chi connectivity index (χ0v) is 19.3. The minimum Gasteiger partial charge on any atom is -0.369 e. The number of nitrogens with one attached hydrogen (secondary N) is 1. The van der Waals surface area contributed by atoms with E-state index in [-0.39, 0.29) is 16.7 Å². The van der Waals surface area contributed by atoms with Crippen molar-refractivity contribution in [2.75, 3.05) is 11.9 Å². The SMILES string of the molecule is Cc1nc2n3c(c(-c4ccn(C)c(=O)c4)cc-2c(=N[C@H](C)c2nccc(C(F)F)c2F)n1)NCC3. The van der Waals surface area contributed by atoms with Gasteiger partial charge in [0.25, 0.3) is 12.0 Å². The summed E-state index contributed by atoms with van der Waals surface area (Å²) in [6, 6.07) is 5.32. The van der Waals surface area contributed by atoms with Crippen LogP contribution in [0.3, 0.4) is 0 Å². The molecule has 0 saturated heterocycles. The molecular weight excluding hydrogens is 459 g/mol. The van der Waals surface area contributed by atoms with Crippen molar-refractivity contribution < 1.29 is 13.2 Å². The first-order valence-corrected chi connectivity index (χ1v) is 11.0. The maximum atomic E-state index is 14.7. The van der Waals surface area contributed by atoms with Crippen LogP contribution >= 0.6 is 0 Å². The highest BCUT2D eigenvalue weighted by atomic mass is 19.3. The maximum absolute atomic E-state index is 14.7. The van der Waals surface area contributed by atoms with Crippen LogP contribution < -0.4 is 16.4 Å². The second-order valence-electron chi connectivity index (χ2n) is 8.39. The van der Waals surface area contributed by atoms with Crippen molar-refractivity contribution >= 4 is 5.82 Å². The van der Waals surface area contributed by atoms with Gasteiger partial charge in [0.15, 0.2) is 11.3 Å². The van der Waals surface area contributed by atoms with Gasteiger partial charge < -0.3 is 14.5 Å². The van der Waals surface area contributed by atoms with Crippen molar-refractivity contribution in [3.8, 4) is 22.5 Å². The van der Waals surface area contributed by atoms with Gasteiger partial charge in [0, 0.05) is 44.2 Å². The number of hydrogen-bond donors (Lipinski definition) is 1. The van der Waals surface area contributed by atoms with Gasteiger partial charge in [-0.25, -0.2) is 23.1 Å². The largest absolute Gasteiger partial charge is 0.369 e. The molecule has 2 aromatic heterocycles. The summed E-state index contributed by atoms with van der Waals surface area (Å²) in [4.78, 5) is 29.9. The van der Waals surface area contributed by atoms with E-state index < -0.39 is 23.8 Å². The van der Waals surface area contributed by atoms with E-state index in [0.717, 1.165) is 23.6 Å². The van der Waals surface area contributed by atoms with Gasteiger partial charge in [-0.15, -0.1) is 0 Å². The van der Waals surface area contributed by atoms with Crippen molar-refractivity contribution in [2.45, 2.75) is 32.9 Å². The Bertz CT molecular complexity index is 1540. The average Bonchev–Trinajstić information content (AvgIpc) is 3.31. The lowest BCUT2D eigenvalue weighted by atomic mass is 10.0. The summed E-state index contributed by atoms with van der Waals surface area (Å²) in [5.41, 5.74) is 1.31. The molecule has 2 aromatic rings. The van der Waals surface area contributed by atoms with E-state index >= 15 is 0 Å². The van der Waals surface area contributed by atoms with Crippen LogP contribution in [0.1, 0.15) is 36.5 Å². The number of aryl methyl sites for hydroxylation is 2. The second-order valence-corrected chi connectivity index (χ2v) is 8.39. The molecule has 5 heterocycles. The molecule has 0 bridgehead atoms. The zero-order valence-electron chi connectivity index (χ0n) is 19.3. The van der Waals surface area contributed by atoms with E-state index in [1.165, 1.54) is 4.57 Å². The summed E-state index contributed by atoms with van der Waals surface area (Å²) >= 11 is 0. The average molecular weight is 481 g/mol. The summed E-state index contributed by atoms with van der Waals surface area (Å²) in [5.74, 6) is 0.834. The van der Waals surface area contributed by atoms with E-state index in [0.29, 0.717) is 35.9 Å². The Morgan fingerprint density at radius 1 is 1.17 bits per heavy atom. The molecule has 1 atom stereocenters.